The number of rotatable bonds is 2. The minimum Gasteiger partial charge on any atom is -0.294 e. The monoisotopic (exact) mass is 276 g/mol. The van der Waals surface area contributed by atoms with Gasteiger partial charge in [-0.25, -0.2) is 4.79 Å². The average molecular weight is 277 g/mol. The maximum absolute atomic E-state index is 11.4. The van der Waals surface area contributed by atoms with Gasteiger partial charge in [0.1, 0.15) is 5.02 Å². The van der Waals surface area contributed by atoms with E-state index in [1.807, 2.05) is 5.38 Å². The number of aromatic nitrogens is 2. The lowest BCUT2D eigenvalue weighted by molar-refractivity contribution is 0.729. The fourth-order valence-corrected chi connectivity index (χ4v) is 2.45. The normalized spacial score (nSPS) is 10.6. The molecule has 2 heterocycles. The smallest absolute Gasteiger partial charge is 0.294 e. The van der Waals surface area contributed by atoms with Crippen molar-refractivity contribution >= 4 is 34.5 Å². The Morgan fingerprint density at radius 3 is 2.69 bits per heavy atom. The Morgan fingerprint density at radius 2 is 2.06 bits per heavy atom. The molecule has 0 amide bonds. The van der Waals surface area contributed by atoms with Crippen LogP contribution in [0.25, 0.3) is 0 Å². The highest BCUT2D eigenvalue weighted by atomic mass is 35.5. The van der Waals surface area contributed by atoms with Crippen molar-refractivity contribution in [3.05, 3.63) is 53.4 Å². The molecule has 0 bridgehead atoms. The van der Waals surface area contributed by atoms with Crippen LogP contribution in [-0.2, 0) is 6.54 Å². The molecule has 2 rings (SSSR count). The molecule has 84 valence electrons. The number of nitrogens with zero attached hydrogens (tertiary/aromatic N) is 1. The van der Waals surface area contributed by atoms with Crippen LogP contribution in [-0.4, -0.2) is 9.55 Å². The molecular formula is C9H6Cl2N2O2S. The Morgan fingerprint density at radius 1 is 1.31 bits per heavy atom. The van der Waals surface area contributed by atoms with Crippen molar-refractivity contribution in [1.29, 1.82) is 0 Å². The Bertz CT molecular complexity index is 629. The number of hydrogen-bond acceptors (Lipinski definition) is 3. The first kappa shape index (κ1) is 11.4. The summed E-state index contributed by atoms with van der Waals surface area (Å²) in [5.74, 6) is 0. The Balaban J connectivity index is 2.43. The van der Waals surface area contributed by atoms with Crippen LogP contribution >= 0.6 is 34.5 Å². The second-order valence-electron chi connectivity index (χ2n) is 3.06. The van der Waals surface area contributed by atoms with E-state index in [1.165, 1.54) is 22.1 Å². The maximum atomic E-state index is 11.4. The molecule has 2 aromatic rings. The lowest BCUT2D eigenvalue weighted by Crippen LogP contribution is -2.29. The van der Waals surface area contributed by atoms with Crippen LogP contribution in [0, 0.1) is 0 Å². The van der Waals surface area contributed by atoms with E-state index in [-0.39, 0.29) is 5.02 Å². The van der Waals surface area contributed by atoms with Gasteiger partial charge in [-0.15, -0.1) is 11.3 Å². The first-order chi connectivity index (χ1) is 7.58. The summed E-state index contributed by atoms with van der Waals surface area (Å²) in [5, 5.41) is 2.40. The van der Waals surface area contributed by atoms with Gasteiger partial charge in [-0.3, -0.25) is 14.3 Å². The molecule has 0 unspecified atom stereocenters. The van der Waals surface area contributed by atoms with E-state index in [2.05, 4.69) is 4.98 Å². The zero-order valence-electron chi connectivity index (χ0n) is 7.87. The molecule has 2 aromatic heterocycles. The van der Waals surface area contributed by atoms with E-state index < -0.39 is 11.2 Å². The molecular weight excluding hydrogens is 271 g/mol. The van der Waals surface area contributed by atoms with E-state index in [0.717, 1.165) is 4.88 Å². The first-order valence-corrected chi connectivity index (χ1v) is 5.92. The molecule has 7 heteroatoms. The molecule has 16 heavy (non-hydrogen) atoms. The third-order valence-electron chi connectivity index (χ3n) is 1.97. The number of nitrogens with one attached hydrogen (secondary N) is 1. The third kappa shape index (κ3) is 2.21. The van der Waals surface area contributed by atoms with Gasteiger partial charge < -0.3 is 0 Å². The standard InChI is InChI=1S/C9H6Cl2N2O2S/c10-5-1-2-16-7(5)4-13-3-6(11)8(14)12-9(13)15/h1-3H,4H2,(H,12,14,15). The zero-order chi connectivity index (χ0) is 11.7. The molecule has 0 fully saturated rings. The van der Waals surface area contributed by atoms with Crippen molar-refractivity contribution in [3.8, 4) is 0 Å². The van der Waals surface area contributed by atoms with Crippen molar-refractivity contribution in [3.63, 3.8) is 0 Å². The predicted molar refractivity (Wildman–Crippen MR) is 64.8 cm³/mol. The molecule has 1 N–H and O–H groups in total. The van der Waals surface area contributed by atoms with Crippen molar-refractivity contribution in [1.82, 2.24) is 9.55 Å². The van der Waals surface area contributed by atoms with Crippen molar-refractivity contribution in [2.75, 3.05) is 0 Å². The van der Waals surface area contributed by atoms with Crippen molar-refractivity contribution in [2.45, 2.75) is 6.54 Å². The van der Waals surface area contributed by atoms with Crippen LogP contribution in [0.3, 0.4) is 0 Å². The third-order valence-corrected chi connectivity index (χ3v) is 3.61. The number of thiophene rings is 1. The highest BCUT2D eigenvalue weighted by Crippen LogP contribution is 2.22. The molecule has 0 aliphatic rings. The average Bonchev–Trinajstić information content (AvgIpc) is 2.61. The highest BCUT2D eigenvalue weighted by molar-refractivity contribution is 7.10. The number of halogens is 2. The molecule has 0 aliphatic carbocycles. The Kier molecular flexibility index (Phi) is 3.18. The SMILES string of the molecule is O=c1[nH]c(=O)n(Cc2sccc2Cl)cc1Cl. The fourth-order valence-electron chi connectivity index (χ4n) is 1.19. The van der Waals surface area contributed by atoms with Gasteiger partial charge in [0.15, 0.2) is 0 Å². The lowest BCUT2D eigenvalue weighted by Gasteiger charge is -2.03. The molecule has 0 saturated carbocycles. The fraction of sp³-hybridized carbons (Fsp3) is 0.111. The lowest BCUT2D eigenvalue weighted by atomic mass is 10.4. The van der Waals surface area contributed by atoms with Crippen molar-refractivity contribution < 1.29 is 0 Å². The van der Waals surface area contributed by atoms with E-state index in [1.54, 1.807) is 6.07 Å². The molecule has 0 radical (unpaired) electrons. The number of H-pyrrole nitrogens is 1. The van der Waals surface area contributed by atoms with Gasteiger partial charge in [0.05, 0.1) is 11.6 Å². The van der Waals surface area contributed by atoms with E-state index in [0.29, 0.717) is 11.6 Å². The first-order valence-electron chi connectivity index (χ1n) is 4.29. The van der Waals surface area contributed by atoms with Gasteiger partial charge in [-0.2, -0.15) is 0 Å². The molecule has 0 saturated heterocycles. The second-order valence-corrected chi connectivity index (χ2v) is 4.87. The van der Waals surface area contributed by atoms with Crippen LogP contribution in [0.2, 0.25) is 10.0 Å². The minimum atomic E-state index is -0.583. The summed E-state index contributed by atoms with van der Waals surface area (Å²) in [7, 11) is 0. The molecule has 0 spiro atoms. The molecule has 0 atom stereocenters. The summed E-state index contributed by atoms with van der Waals surface area (Å²) in [5.41, 5.74) is -1.08. The second kappa shape index (κ2) is 4.45. The van der Waals surface area contributed by atoms with Gasteiger partial charge in [0.25, 0.3) is 5.56 Å². The molecule has 4 nitrogen and oxygen atoms in total. The highest BCUT2D eigenvalue weighted by Gasteiger charge is 2.06. The summed E-state index contributed by atoms with van der Waals surface area (Å²) < 4.78 is 1.31. The van der Waals surface area contributed by atoms with Crippen molar-refractivity contribution in [2.24, 2.45) is 0 Å². The Hall–Kier alpha value is -1.04. The van der Waals surface area contributed by atoms with Crippen LogP contribution in [0.15, 0.2) is 27.2 Å². The molecule has 0 aliphatic heterocycles. The topological polar surface area (TPSA) is 54.9 Å². The largest absolute Gasteiger partial charge is 0.328 e. The summed E-state index contributed by atoms with van der Waals surface area (Å²) in [6.07, 6.45) is 1.30. The van der Waals surface area contributed by atoms with Gasteiger partial charge in [0, 0.05) is 11.1 Å². The maximum Gasteiger partial charge on any atom is 0.328 e. The van der Waals surface area contributed by atoms with Gasteiger partial charge in [0.2, 0.25) is 0 Å². The zero-order valence-corrected chi connectivity index (χ0v) is 10.2. The summed E-state index contributed by atoms with van der Waals surface area (Å²) in [4.78, 5) is 25.4. The van der Waals surface area contributed by atoms with E-state index in [4.69, 9.17) is 23.2 Å². The van der Waals surface area contributed by atoms with E-state index in [9.17, 15) is 9.59 Å². The Labute approximate surface area is 104 Å². The summed E-state index contributed by atoms with van der Waals surface area (Å²) in [6, 6.07) is 1.75. The quantitative estimate of drug-likeness (QED) is 0.912. The van der Waals surface area contributed by atoms with E-state index >= 15 is 0 Å². The van der Waals surface area contributed by atoms with Crippen LogP contribution < -0.4 is 11.2 Å². The van der Waals surface area contributed by atoms with Crippen LogP contribution in [0.4, 0.5) is 0 Å². The van der Waals surface area contributed by atoms with Gasteiger partial charge in [-0.1, -0.05) is 23.2 Å². The number of aromatic amines is 1. The predicted octanol–water partition coefficient (Wildman–Crippen LogP) is 1.95. The van der Waals surface area contributed by atoms with Gasteiger partial charge in [-0.05, 0) is 11.4 Å². The summed E-state index contributed by atoms with van der Waals surface area (Å²) >= 11 is 13.0. The van der Waals surface area contributed by atoms with Gasteiger partial charge >= 0.3 is 5.69 Å². The van der Waals surface area contributed by atoms with Crippen LogP contribution in [0.1, 0.15) is 4.88 Å². The number of hydrogen-bond donors (Lipinski definition) is 1. The minimum absolute atomic E-state index is 0.0210. The summed E-state index contributed by atoms with van der Waals surface area (Å²) in [6.45, 7) is 0.297. The van der Waals surface area contributed by atoms with Crippen LogP contribution in [0.5, 0.6) is 0 Å². The molecule has 0 aromatic carbocycles.